The number of hydrogen-bond donors (Lipinski definition) is 3. The zero-order valence-corrected chi connectivity index (χ0v) is 17.7. The molecule has 0 saturated heterocycles. The van der Waals surface area contributed by atoms with Gasteiger partial charge in [0, 0.05) is 37.1 Å². The molecule has 1 aromatic heterocycles. The third kappa shape index (κ3) is 5.80. The SMILES string of the molecule is CCNC(=NCC(C)N1CCc2sccc2C1)NCCC(O)c1ccccc1. The maximum Gasteiger partial charge on any atom is 0.191 e. The van der Waals surface area contributed by atoms with Gasteiger partial charge < -0.3 is 15.7 Å². The molecular weight excluding hydrogens is 368 g/mol. The van der Waals surface area contributed by atoms with E-state index in [0.29, 0.717) is 19.0 Å². The Bertz CT molecular complexity index is 746. The Labute approximate surface area is 172 Å². The van der Waals surface area contributed by atoms with Crippen LogP contribution in [-0.4, -0.2) is 48.2 Å². The van der Waals surface area contributed by atoms with E-state index in [1.807, 2.05) is 41.7 Å². The first-order valence-corrected chi connectivity index (χ1v) is 11.1. The van der Waals surface area contributed by atoms with Crippen molar-refractivity contribution in [1.29, 1.82) is 0 Å². The quantitative estimate of drug-likeness (QED) is 0.471. The molecule has 0 aliphatic carbocycles. The van der Waals surface area contributed by atoms with Gasteiger partial charge in [-0.05, 0) is 49.3 Å². The minimum atomic E-state index is -0.455. The molecular formula is C22H32N4OS. The van der Waals surface area contributed by atoms with Gasteiger partial charge in [0.05, 0.1) is 12.6 Å². The van der Waals surface area contributed by atoms with E-state index in [2.05, 4.69) is 40.8 Å². The average Bonchev–Trinajstić information content (AvgIpc) is 3.20. The fourth-order valence-electron chi connectivity index (χ4n) is 3.50. The minimum absolute atomic E-state index is 0.401. The predicted octanol–water partition coefficient (Wildman–Crippen LogP) is 3.17. The molecule has 152 valence electrons. The van der Waals surface area contributed by atoms with E-state index in [1.54, 1.807) is 4.88 Å². The number of fused-ring (bicyclic) bond motifs is 1. The van der Waals surface area contributed by atoms with Crippen LogP contribution in [0.15, 0.2) is 46.8 Å². The Kier molecular flexibility index (Phi) is 7.89. The van der Waals surface area contributed by atoms with E-state index in [0.717, 1.165) is 44.1 Å². The van der Waals surface area contributed by atoms with Gasteiger partial charge in [0.15, 0.2) is 5.96 Å². The van der Waals surface area contributed by atoms with Crippen molar-refractivity contribution < 1.29 is 5.11 Å². The van der Waals surface area contributed by atoms with Crippen molar-refractivity contribution in [1.82, 2.24) is 15.5 Å². The third-order valence-corrected chi connectivity index (χ3v) is 6.24. The van der Waals surface area contributed by atoms with Gasteiger partial charge >= 0.3 is 0 Å². The van der Waals surface area contributed by atoms with Gasteiger partial charge in [-0.25, -0.2) is 0 Å². The summed E-state index contributed by atoms with van der Waals surface area (Å²) in [6.07, 6.45) is 1.34. The van der Waals surface area contributed by atoms with Crippen molar-refractivity contribution in [3.05, 3.63) is 57.8 Å². The summed E-state index contributed by atoms with van der Waals surface area (Å²) in [6.45, 7) is 8.73. The first-order chi connectivity index (χ1) is 13.7. The standard InChI is InChI=1S/C22H32N4OS/c1-3-23-22(24-12-9-20(27)18-7-5-4-6-8-18)25-15-17(2)26-13-10-21-19(16-26)11-14-28-21/h4-8,11,14,17,20,27H,3,9-10,12-13,15-16H2,1-2H3,(H2,23,24,25). The number of rotatable bonds is 8. The Hall–Kier alpha value is -1.89. The first kappa shape index (κ1) is 20.8. The molecule has 2 aromatic rings. The molecule has 0 fully saturated rings. The van der Waals surface area contributed by atoms with Crippen LogP contribution in [0.2, 0.25) is 0 Å². The second-order valence-electron chi connectivity index (χ2n) is 7.30. The van der Waals surface area contributed by atoms with Gasteiger partial charge in [0.1, 0.15) is 0 Å². The van der Waals surface area contributed by atoms with Gasteiger partial charge in [-0.2, -0.15) is 0 Å². The smallest absolute Gasteiger partial charge is 0.191 e. The van der Waals surface area contributed by atoms with Crippen LogP contribution in [0.1, 0.15) is 42.4 Å². The molecule has 0 radical (unpaired) electrons. The summed E-state index contributed by atoms with van der Waals surface area (Å²) in [5.41, 5.74) is 2.43. The molecule has 0 saturated carbocycles. The van der Waals surface area contributed by atoms with E-state index in [9.17, 15) is 5.11 Å². The monoisotopic (exact) mass is 400 g/mol. The van der Waals surface area contributed by atoms with E-state index in [4.69, 9.17) is 4.99 Å². The summed E-state index contributed by atoms with van der Waals surface area (Å²) in [6, 6.07) is 12.5. The van der Waals surface area contributed by atoms with Crippen LogP contribution in [0.4, 0.5) is 0 Å². The highest BCUT2D eigenvalue weighted by Crippen LogP contribution is 2.25. The molecule has 2 heterocycles. The van der Waals surface area contributed by atoms with Crippen LogP contribution < -0.4 is 10.6 Å². The van der Waals surface area contributed by atoms with Gasteiger partial charge in [0.2, 0.25) is 0 Å². The number of aliphatic hydroxyl groups is 1. The lowest BCUT2D eigenvalue weighted by Crippen LogP contribution is -2.41. The lowest BCUT2D eigenvalue weighted by Gasteiger charge is -2.31. The predicted molar refractivity (Wildman–Crippen MR) is 118 cm³/mol. The summed E-state index contributed by atoms with van der Waals surface area (Å²) in [5, 5.41) is 19.2. The number of nitrogens with zero attached hydrogens (tertiary/aromatic N) is 2. The molecule has 3 rings (SSSR count). The molecule has 1 aromatic carbocycles. The molecule has 0 amide bonds. The van der Waals surface area contributed by atoms with E-state index in [1.165, 1.54) is 5.56 Å². The number of guanidine groups is 1. The number of nitrogens with one attached hydrogen (secondary N) is 2. The summed E-state index contributed by atoms with van der Waals surface area (Å²) in [4.78, 5) is 8.83. The van der Waals surface area contributed by atoms with Crippen molar-refractivity contribution >= 4 is 17.3 Å². The number of hydrogen-bond acceptors (Lipinski definition) is 4. The molecule has 2 unspecified atom stereocenters. The first-order valence-electron chi connectivity index (χ1n) is 10.2. The third-order valence-electron chi connectivity index (χ3n) is 5.21. The van der Waals surface area contributed by atoms with Crippen LogP contribution in [0.3, 0.4) is 0 Å². The molecule has 2 atom stereocenters. The highest BCUT2D eigenvalue weighted by molar-refractivity contribution is 7.10. The fraction of sp³-hybridized carbons (Fsp3) is 0.500. The molecule has 0 bridgehead atoms. The lowest BCUT2D eigenvalue weighted by molar-refractivity contribution is 0.168. The summed E-state index contributed by atoms with van der Waals surface area (Å²) in [7, 11) is 0. The molecule has 1 aliphatic rings. The normalized spacial score (nSPS) is 17.0. The van der Waals surface area contributed by atoms with E-state index in [-0.39, 0.29) is 0 Å². The van der Waals surface area contributed by atoms with Crippen LogP contribution in [0, 0.1) is 0 Å². The zero-order chi connectivity index (χ0) is 19.8. The van der Waals surface area contributed by atoms with Crippen molar-refractivity contribution in [2.75, 3.05) is 26.2 Å². The molecule has 3 N–H and O–H groups in total. The Morgan fingerprint density at radius 2 is 2.07 bits per heavy atom. The fourth-order valence-corrected chi connectivity index (χ4v) is 4.39. The number of benzene rings is 1. The van der Waals surface area contributed by atoms with Crippen molar-refractivity contribution in [3.8, 4) is 0 Å². The van der Waals surface area contributed by atoms with Gasteiger partial charge in [0.25, 0.3) is 0 Å². The van der Waals surface area contributed by atoms with Crippen LogP contribution >= 0.6 is 11.3 Å². The van der Waals surface area contributed by atoms with Crippen molar-refractivity contribution in [2.45, 2.75) is 45.4 Å². The minimum Gasteiger partial charge on any atom is -0.388 e. The van der Waals surface area contributed by atoms with Crippen LogP contribution in [0.5, 0.6) is 0 Å². The average molecular weight is 401 g/mol. The topological polar surface area (TPSA) is 59.9 Å². The largest absolute Gasteiger partial charge is 0.388 e. The Morgan fingerprint density at radius 3 is 2.86 bits per heavy atom. The Morgan fingerprint density at radius 1 is 1.25 bits per heavy atom. The molecule has 1 aliphatic heterocycles. The van der Waals surface area contributed by atoms with Gasteiger partial charge in [-0.15, -0.1) is 11.3 Å². The molecule has 6 heteroatoms. The van der Waals surface area contributed by atoms with Crippen LogP contribution in [-0.2, 0) is 13.0 Å². The molecule has 0 spiro atoms. The van der Waals surface area contributed by atoms with Gasteiger partial charge in [-0.1, -0.05) is 30.3 Å². The highest BCUT2D eigenvalue weighted by atomic mass is 32.1. The number of aliphatic hydroxyl groups excluding tert-OH is 1. The Balaban J connectivity index is 1.47. The summed E-state index contributed by atoms with van der Waals surface area (Å²) < 4.78 is 0. The second-order valence-corrected chi connectivity index (χ2v) is 8.30. The molecule has 28 heavy (non-hydrogen) atoms. The summed E-state index contributed by atoms with van der Waals surface area (Å²) >= 11 is 1.88. The zero-order valence-electron chi connectivity index (χ0n) is 16.9. The summed E-state index contributed by atoms with van der Waals surface area (Å²) in [5.74, 6) is 0.822. The van der Waals surface area contributed by atoms with E-state index >= 15 is 0 Å². The number of aliphatic imine (C=N–C) groups is 1. The van der Waals surface area contributed by atoms with Crippen molar-refractivity contribution in [3.63, 3.8) is 0 Å². The van der Waals surface area contributed by atoms with Gasteiger partial charge in [-0.3, -0.25) is 9.89 Å². The van der Waals surface area contributed by atoms with Crippen LogP contribution in [0.25, 0.3) is 0 Å². The maximum absolute atomic E-state index is 10.3. The second kappa shape index (κ2) is 10.6. The highest BCUT2D eigenvalue weighted by Gasteiger charge is 2.21. The van der Waals surface area contributed by atoms with E-state index < -0.39 is 6.10 Å². The lowest BCUT2D eigenvalue weighted by atomic mass is 10.1. The van der Waals surface area contributed by atoms with Crippen molar-refractivity contribution in [2.24, 2.45) is 4.99 Å². The number of thiophene rings is 1. The maximum atomic E-state index is 10.3. The molecule has 5 nitrogen and oxygen atoms in total.